The van der Waals surface area contributed by atoms with Gasteiger partial charge in [-0.25, -0.2) is 0 Å². The Hall–Kier alpha value is -2.09. The number of hydrogen-bond donors (Lipinski definition) is 1. The van der Waals surface area contributed by atoms with E-state index in [4.69, 9.17) is 10.00 Å². The fourth-order valence-corrected chi connectivity index (χ4v) is 1.10. The Balaban J connectivity index is 2.53. The molecule has 1 aliphatic rings. The van der Waals surface area contributed by atoms with Crippen LogP contribution in [-0.2, 0) is 4.79 Å². The van der Waals surface area contributed by atoms with Crippen molar-refractivity contribution in [3.05, 3.63) is 18.0 Å². The highest BCUT2D eigenvalue weighted by atomic mass is 16.5. The first-order valence-corrected chi connectivity index (χ1v) is 3.62. The number of nitriles is 1. The van der Waals surface area contributed by atoms with Gasteiger partial charge in [0.2, 0.25) is 0 Å². The number of pyridine rings is 1. The third kappa shape index (κ3) is 1.18. The maximum Gasteiger partial charge on any atom is 0.262 e. The van der Waals surface area contributed by atoms with Crippen LogP contribution >= 0.6 is 0 Å². The molecule has 0 unspecified atom stereocenters. The van der Waals surface area contributed by atoms with Crippen molar-refractivity contribution < 1.29 is 9.53 Å². The molecule has 0 atom stereocenters. The van der Waals surface area contributed by atoms with Gasteiger partial charge in [-0.3, -0.25) is 9.78 Å². The van der Waals surface area contributed by atoms with Crippen molar-refractivity contribution in [2.75, 3.05) is 11.9 Å². The van der Waals surface area contributed by atoms with E-state index in [0.29, 0.717) is 17.0 Å². The first-order chi connectivity index (χ1) is 6.31. The first-order valence-electron chi connectivity index (χ1n) is 3.62. The number of hydrogen-bond acceptors (Lipinski definition) is 4. The van der Waals surface area contributed by atoms with Gasteiger partial charge in [-0.2, -0.15) is 5.26 Å². The Morgan fingerprint density at radius 1 is 1.62 bits per heavy atom. The summed E-state index contributed by atoms with van der Waals surface area (Å²) >= 11 is 0. The van der Waals surface area contributed by atoms with E-state index in [1.54, 1.807) is 0 Å². The second-order valence-corrected chi connectivity index (χ2v) is 2.51. The highest BCUT2D eigenvalue weighted by Gasteiger charge is 2.18. The molecule has 0 spiro atoms. The number of fused-ring (bicyclic) bond motifs is 1. The third-order valence-electron chi connectivity index (χ3n) is 1.64. The minimum Gasteiger partial charge on any atom is -0.480 e. The van der Waals surface area contributed by atoms with Gasteiger partial charge in [-0.15, -0.1) is 0 Å². The lowest BCUT2D eigenvalue weighted by Crippen LogP contribution is -2.26. The monoisotopic (exact) mass is 175 g/mol. The van der Waals surface area contributed by atoms with E-state index in [-0.39, 0.29) is 12.5 Å². The van der Waals surface area contributed by atoms with Crippen LogP contribution in [0.25, 0.3) is 0 Å². The molecular formula is C8H5N3O2. The maximum atomic E-state index is 10.9. The van der Waals surface area contributed by atoms with E-state index in [2.05, 4.69) is 10.3 Å². The third-order valence-corrected chi connectivity index (χ3v) is 1.64. The van der Waals surface area contributed by atoms with Gasteiger partial charge in [-0.1, -0.05) is 0 Å². The predicted octanol–water partition coefficient (Wildman–Crippen LogP) is 0.284. The minimum atomic E-state index is -0.232. The van der Waals surface area contributed by atoms with Gasteiger partial charge in [0.05, 0.1) is 6.20 Å². The molecule has 5 nitrogen and oxygen atoms in total. The van der Waals surface area contributed by atoms with E-state index in [1.165, 1.54) is 12.4 Å². The Labute approximate surface area is 74.0 Å². The van der Waals surface area contributed by atoms with Crippen molar-refractivity contribution >= 4 is 11.6 Å². The molecular weight excluding hydrogens is 170 g/mol. The number of nitrogens with one attached hydrogen (secondary N) is 1. The van der Waals surface area contributed by atoms with Gasteiger partial charge >= 0.3 is 0 Å². The minimum absolute atomic E-state index is 0.0499. The highest BCUT2D eigenvalue weighted by Crippen LogP contribution is 2.29. The molecule has 0 aliphatic carbocycles. The van der Waals surface area contributed by atoms with Crippen molar-refractivity contribution in [2.24, 2.45) is 0 Å². The smallest absolute Gasteiger partial charge is 0.262 e. The number of carbonyl (C=O) groups excluding carboxylic acids is 1. The summed E-state index contributed by atoms with van der Waals surface area (Å²) in [6.07, 6.45) is 2.85. The number of carbonyl (C=O) groups is 1. The quantitative estimate of drug-likeness (QED) is 0.614. The van der Waals surface area contributed by atoms with Crippen LogP contribution in [0.15, 0.2) is 12.4 Å². The lowest BCUT2D eigenvalue weighted by Gasteiger charge is -2.17. The molecule has 2 rings (SSSR count). The summed E-state index contributed by atoms with van der Waals surface area (Å²) in [6, 6.07) is 1.93. The second kappa shape index (κ2) is 2.75. The van der Waals surface area contributed by atoms with Crippen molar-refractivity contribution in [3.8, 4) is 11.8 Å². The summed E-state index contributed by atoms with van der Waals surface area (Å²) in [4.78, 5) is 14.7. The molecule has 2 heterocycles. The molecule has 64 valence electrons. The molecule has 1 N–H and O–H groups in total. The van der Waals surface area contributed by atoms with Crippen LogP contribution in [0.3, 0.4) is 0 Å². The Morgan fingerprint density at radius 2 is 2.46 bits per heavy atom. The molecule has 1 aromatic heterocycles. The van der Waals surface area contributed by atoms with Crippen LogP contribution in [0.5, 0.6) is 5.75 Å². The predicted molar refractivity (Wildman–Crippen MR) is 43.1 cm³/mol. The number of nitrogens with zero attached hydrogens (tertiary/aromatic N) is 2. The summed E-state index contributed by atoms with van der Waals surface area (Å²) < 4.78 is 5.08. The summed E-state index contributed by atoms with van der Waals surface area (Å²) in [5.41, 5.74) is 0.785. The van der Waals surface area contributed by atoms with E-state index in [9.17, 15) is 4.79 Å². The molecule has 1 amide bonds. The average Bonchev–Trinajstić information content (AvgIpc) is 2.16. The lowest BCUT2D eigenvalue weighted by molar-refractivity contribution is -0.118. The lowest BCUT2D eigenvalue weighted by atomic mass is 10.2. The van der Waals surface area contributed by atoms with E-state index >= 15 is 0 Å². The van der Waals surface area contributed by atoms with E-state index in [0.717, 1.165) is 0 Å². The van der Waals surface area contributed by atoms with Crippen molar-refractivity contribution in [1.82, 2.24) is 4.98 Å². The normalized spacial score (nSPS) is 13.6. The zero-order valence-corrected chi connectivity index (χ0v) is 6.57. The highest BCUT2D eigenvalue weighted by molar-refractivity contribution is 5.95. The van der Waals surface area contributed by atoms with E-state index < -0.39 is 0 Å². The Bertz CT molecular complexity index is 408. The van der Waals surface area contributed by atoms with Crippen molar-refractivity contribution in [3.63, 3.8) is 0 Å². The van der Waals surface area contributed by atoms with Gasteiger partial charge in [-0.05, 0) is 0 Å². The van der Waals surface area contributed by atoms with Gasteiger partial charge in [0.1, 0.15) is 17.3 Å². The molecule has 0 saturated heterocycles. The van der Waals surface area contributed by atoms with Crippen molar-refractivity contribution in [1.29, 1.82) is 5.26 Å². The standard InChI is InChI=1S/C8H5N3O2/c9-1-5-2-10-3-6-8(5)13-4-7(12)11-6/h2-3H,4H2,(H,11,12). The summed E-state index contributed by atoms with van der Waals surface area (Å²) in [7, 11) is 0. The fraction of sp³-hybridized carbons (Fsp3) is 0.125. The Kier molecular flexibility index (Phi) is 1.60. The van der Waals surface area contributed by atoms with Crippen LogP contribution in [0.4, 0.5) is 5.69 Å². The number of ether oxygens (including phenoxy) is 1. The molecule has 0 bridgehead atoms. The van der Waals surface area contributed by atoms with Crippen LogP contribution < -0.4 is 10.1 Å². The molecule has 1 aliphatic heterocycles. The topological polar surface area (TPSA) is 75.0 Å². The summed E-state index contributed by atoms with van der Waals surface area (Å²) in [5.74, 6) is 0.168. The number of aromatic nitrogens is 1. The van der Waals surface area contributed by atoms with Crippen LogP contribution in [-0.4, -0.2) is 17.5 Å². The average molecular weight is 175 g/mol. The van der Waals surface area contributed by atoms with Crippen LogP contribution in [0.2, 0.25) is 0 Å². The molecule has 0 radical (unpaired) electrons. The fourth-order valence-electron chi connectivity index (χ4n) is 1.10. The molecule has 13 heavy (non-hydrogen) atoms. The van der Waals surface area contributed by atoms with Gasteiger partial charge in [0.15, 0.2) is 12.4 Å². The number of rotatable bonds is 0. The zero-order chi connectivity index (χ0) is 9.26. The molecule has 0 saturated carbocycles. The molecule has 1 aromatic rings. The molecule has 5 heteroatoms. The first kappa shape index (κ1) is 7.55. The zero-order valence-electron chi connectivity index (χ0n) is 6.57. The largest absolute Gasteiger partial charge is 0.480 e. The Morgan fingerprint density at radius 3 is 3.23 bits per heavy atom. The number of amides is 1. The van der Waals surface area contributed by atoms with Crippen LogP contribution in [0.1, 0.15) is 5.56 Å². The SMILES string of the molecule is N#Cc1cncc2c1OCC(=O)N2. The summed E-state index contributed by atoms with van der Waals surface area (Å²) in [6.45, 7) is -0.0499. The van der Waals surface area contributed by atoms with Gasteiger partial charge in [0.25, 0.3) is 5.91 Å². The van der Waals surface area contributed by atoms with Crippen LogP contribution in [0, 0.1) is 11.3 Å². The number of anilines is 1. The van der Waals surface area contributed by atoms with Gasteiger partial charge in [0, 0.05) is 6.20 Å². The van der Waals surface area contributed by atoms with Crippen molar-refractivity contribution in [2.45, 2.75) is 0 Å². The summed E-state index contributed by atoms with van der Waals surface area (Å²) in [5, 5.41) is 11.2. The maximum absolute atomic E-state index is 10.9. The molecule has 0 fully saturated rings. The van der Waals surface area contributed by atoms with E-state index in [1.807, 2.05) is 6.07 Å². The van der Waals surface area contributed by atoms with Gasteiger partial charge < -0.3 is 10.1 Å². The molecule has 0 aromatic carbocycles. The second-order valence-electron chi connectivity index (χ2n) is 2.51.